The number of hydrogen-bond donors (Lipinski definition) is 1. The summed E-state index contributed by atoms with van der Waals surface area (Å²) in [6, 6.07) is 7.08. The van der Waals surface area contributed by atoms with Gasteiger partial charge in [0.25, 0.3) is 0 Å². The van der Waals surface area contributed by atoms with Crippen LogP contribution in [0.4, 0.5) is 5.69 Å². The van der Waals surface area contributed by atoms with E-state index in [2.05, 4.69) is 0 Å². The van der Waals surface area contributed by atoms with Crippen LogP contribution >= 0.6 is 0 Å². The van der Waals surface area contributed by atoms with E-state index >= 15 is 0 Å². The maximum absolute atomic E-state index is 12.1. The molecule has 0 spiro atoms. The normalized spacial score (nSPS) is 12.6. The molecular weight excluding hydrogens is 258 g/mol. The fourth-order valence-corrected chi connectivity index (χ4v) is 1.68. The molecule has 1 atom stereocenters. The Balaban J connectivity index is 2.84. The molecule has 0 amide bonds. The number of esters is 2. The van der Waals surface area contributed by atoms with E-state index < -0.39 is 23.6 Å². The Morgan fingerprint density at radius 1 is 1.30 bits per heavy atom. The zero-order chi connectivity index (χ0) is 15.3. The quantitative estimate of drug-likeness (QED) is 0.674. The number of carbonyl (C=O) groups is 2. The summed E-state index contributed by atoms with van der Waals surface area (Å²) in [5.74, 6) is -1.08. The van der Waals surface area contributed by atoms with Crippen LogP contribution in [0.1, 0.15) is 33.3 Å². The largest absolute Gasteiger partial charge is 0.457 e. The fourth-order valence-electron chi connectivity index (χ4n) is 1.68. The van der Waals surface area contributed by atoms with E-state index in [0.29, 0.717) is 5.69 Å². The Labute approximate surface area is 119 Å². The van der Waals surface area contributed by atoms with Gasteiger partial charge in [-0.05, 0) is 38.5 Å². The van der Waals surface area contributed by atoms with Crippen LogP contribution in [0.3, 0.4) is 0 Å². The number of ether oxygens (including phenoxy) is 2. The van der Waals surface area contributed by atoms with E-state index in [1.54, 1.807) is 39.0 Å². The van der Waals surface area contributed by atoms with Crippen LogP contribution < -0.4 is 5.73 Å². The highest BCUT2D eigenvalue weighted by molar-refractivity contribution is 5.79. The first-order chi connectivity index (χ1) is 9.17. The van der Waals surface area contributed by atoms with Crippen LogP contribution in [-0.4, -0.2) is 23.6 Å². The van der Waals surface area contributed by atoms with Gasteiger partial charge in [0.1, 0.15) is 5.60 Å². The average Bonchev–Trinajstić information content (AvgIpc) is 2.25. The predicted octanol–water partition coefficient (Wildman–Crippen LogP) is 2.08. The lowest BCUT2D eigenvalue weighted by molar-refractivity contribution is -0.174. The third-order valence-electron chi connectivity index (χ3n) is 2.35. The predicted molar refractivity (Wildman–Crippen MR) is 76.0 cm³/mol. The first-order valence-corrected chi connectivity index (χ1v) is 6.42. The molecule has 0 heterocycles. The van der Waals surface area contributed by atoms with Crippen LogP contribution in [0.25, 0.3) is 0 Å². The van der Waals surface area contributed by atoms with Gasteiger partial charge in [-0.15, -0.1) is 0 Å². The van der Waals surface area contributed by atoms with Crippen molar-refractivity contribution in [3.8, 4) is 0 Å². The van der Waals surface area contributed by atoms with Crippen molar-refractivity contribution in [2.75, 3.05) is 5.73 Å². The highest BCUT2D eigenvalue weighted by Crippen LogP contribution is 2.15. The minimum Gasteiger partial charge on any atom is -0.457 e. The summed E-state index contributed by atoms with van der Waals surface area (Å²) in [6.07, 6.45) is -0.729. The molecule has 0 fully saturated rings. The van der Waals surface area contributed by atoms with Crippen molar-refractivity contribution in [1.82, 2.24) is 0 Å². The number of anilines is 1. The number of hydrogen-bond acceptors (Lipinski definition) is 5. The van der Waals surface area contributed by atoms with E-state index in [-0.39, 0.29) is 6.42 Å². The van der Waals surface area contributed by atoms with Gasteiger partial charge in [-0.25, -0.2) is 4.79 Å². The van der Waals surface area contributed by atoms with Crippen molar-refractivity contribution in [2.45, 2.75) is 45.8 Å². The monoisotopic (exact) mass is 279 g/mol. The molecule has 5 nitrogen and oxygen atoms in total. The van der Waals surface area contributed by atoms with Gasteiger partial charge < -0.3 is 15.2 Å². The van der Waals surface area contributed by atoms with Crippen LogP contribution in [-0.2, 0) is 25.5 Å². The Bertz CT molecular complexity index is 491. The first-order valence-electron chi connectivity index (χ1n) is 6.42. The number of benzene rings is 1. The average molecular weight is 279 g/mol. The number of nitrogen functional groups attached to an aromatic ring is 1. The molecule has 1 unspecified atom stereocenters. The molecule has 5 heteroatoms. The smallest absolute Gasteiger partial charge is 0.348 e. The van der Waals surface area contributed by atoms with E-state index in [1.807, 2.05) is 6.07 Å². The second-order valence-electron chi connectivity index (χ2n) is 5.58. The van der Waals surface area contributed by atoms with Gasteiger partial charge >= 0.3 is 11.9 Å². The zero-order valence-corrected chi connectivity index (χ0v) is 12.3. The molecule has 110 valence electrons. The highest BCUT2D eigenvalue weighted by Gasteiger charge is 2.27. The van der Waals surface area contributed by atoms with E-state index in [0.717, 1.165) is 5.56 Å². The molecule has 1 rings (SSSR count). The van der Waals surface area contributed by atoms with Gasteiger partial charge in [0.2, 0.25) is 6.10 Å². The summed E-state index contributed by atoms with van der Waals surface area (Å²) < 4.78 is 10.3. The molecule has 20 heavy (non-hydrogen) atoms. The Kier molecular flexibility index (Phi) is 5.13. The van der Waals surface area contributed by atoms with Crippen molar-refractivity contribution >= 4 is 17.6 Å². The van der Waals surface area contributed by atoms with Crippen molar-refractivity contribution in [1.29, 1.82) is 0 Å². The van der Waals surface area contributed by atoms with E-state index in [4.69, 9.17) is 15.2 Å². The molecule has 0 bridgehead atoms. The summed E-state index contributed by atoms with van der Waals surface area (Å²) in [4.78, 5) is 23.2. The molecule has 0 radical (unpaired) electrons. The summed E-state index contributed by atoms with van der Waals surface area (Å²) in [5, 5.41) is 0. The van der Waals surface area contributed by atoms with Crippen molar-refractivity contribution in [3.63, 3.8) is 0 Å². The van der Waals surface area contributed by atoms with Gasteiger partial charge in [0.05, 0.1) is 0 Å². The first kappa shape index (κ1) is 16.0. The standard InChI is InChI=1S/C15H21NO4/c1-10(17)19-13(14(18)20-15(2,3)4)9-11-6-5-7-12(16)8-11/h5-8,13H,9,16H2,1-4H3. The van der Waals surface area contributed by atoms with Gasteiger partial charge in [0.15, 0.2) is 0 Å². The second kappa shape index (κ2) is 6.41. The zero-order valence-electron chi connectivity index (χ0n) is 12.3. The molecule has 0 aliphatic rings. The SMILES string of the molecule is CC(=O)OC(Cc1cccc(N)c1)C(=O)OC(C)(C)C. The van der Waals surface area contributed by atoms with Crippen LogP contribution in [0.2, 0.25) is 0 Å². The minimum absolute atomic E-state index is 0.236. The molecule has 2 N–H and O–H groups in total. The molecule has 0 aliphatic carbocycles. The lowest BCUT2D eigenvalue weighted by atomic mass is 10.1. The van der Waals surface area contributed by atoms with Gasteiger partial charge in [0, 0.05) is 19.0 Å². The van der Waals surface area contributed by atoms with Crippen molar-refractivity contribution in [3.05, 3.63) is 29.8 Å². The number of carbonyl (C=O) groups excluding carboxylic acids is 2. The molecule has 1 aromatic carbocycles. The van der Waals surface area contributed by atoms with Crippen LogP contribution in [0.15, 0.2) is 24.3 Å². The summed E-state index contributed by atoms with van der Waals surface area (Å²) in [5.41, 5.74) is 6.45. The third kappa shape index (κ3) is 5.73. The van der Waals surface area contributed by atoms with Gasteiger partial charge in [-0.1, -0.05) is 12.1 Å². The molecular formula is C15H21NO4. The third-order valence-corrected chi connectivity index (χ3v) is 2.35. The van der Waals surface area contributed by atoms with Gasteiger partial charge in [-0.2, -0.15) is 0 Å². The highest BCUT2D eigenvalue weighted by atomic mass is 16.6. The molecule has 0 saturated heterocycles. The summed E-state index contributed by atoms with van der Waals surface area (Å²) in [7, 11) is 0. The number of nitrogens with two attached hydrogens (primary N) is 1. The second-order valence-corrected chi connectivity index (χ2v) is 5.58. The lowest BCUT2D eigenvalue weighted by Gasteiger charge is -2.23. The molecule has 0 saturated carbocycles. The Morgan fingerprint density at radius 3 is 2.45 bits per heavy atom. The topological polar surface area (TPSA) is 78.6 Å². The Morgan fingerprint density at radius 2 is 1.95 bits per heavy atom. The fraction of sp³-hybridized carbons (Fsp3) is 0.467. The summed E-state index contributed by atoms with van der Waals surface area (Å²) >= 11 is 0. The van der Waals surface area contributed by atoms with Crippen LogP contribution in [0, 0.1) is 0 Å². The number of rotatable bonds is 4. The molecule has 0 aliphatic heterocycles. The van der Waals surface area contributed by atoms with Crippen molar-refractivity contribution < 1.29 is 19.1 Å². The van der Waals surface area contributed by atoms with Crippen LogP contribution in [0.5, 0.6) is 0 Å². The van der Waals surface area contributed by atoms with E-state index in [1.165, 1.54) is 6.92 Å². The minimum atomic E-state index is -0.964. The van der Waals surface area contributed by atoms with E-state index in [9.17, 15) is 9.59 Å². The van der Waals surface area contributed by atoms with Gasteiger partial charge in [-0.3, -0.25) is 4.79 Å². The lowest BCUT2D eigenvalue weighted by Crippen LogP contribution is -2.35. The maximum atomic E-state index is 12.1. The summed E-state index contributed by atoms with van der Waals surface area (Å²) in [6.45, 7) is 6.54. The maximum Gasteiger partial charge on any atom is 0.348 e. The molecule has 1 aromatic rings. The van der Waals surface area contributed by atoms with Crippen molar-refractivity contribution in [2.24, 2.45) is 0 Å². The Hall–Kier alpha value is -2.04. The molecule has 0 aromatic heterocycles.